The first-order chi connectivity index (χ1) is 11.2. The Balaban J connectivity index is 2.46. The van der Waals surface area contributed by atoms with E-state index >= 15 is 0 Å². The summed E-state index contributed by atoms with van der Waals surface area (Å²) in [6, 6.07) is 3.76. The Morgan fingerprint density at radius 3 is 2.21 bits per heavy atom. The first-order valence-corrected chi connectivity index (χ1v) is 8.80. The van der Waals surface area contributed by atoms with Gasteiger partial charge in [-0.1, -0.05) is 38.3 Å². The first-order valence-electron chi connectivity index (χ1n) is 8.43. The van der Waals surface area contributed by atoms with Crippen LogP contribution in [0.25, 0.3) is 0 Å². The fraction of sp³-hybridized carbons (Fsp3) is 0.474. The zero-order chi connectivity index (χ0) is 18.1. The fourth-order valence-corrected chi connectivity index (χ4v) is 3.79. The zero-order valence-electron chi connectivity index (χ0n) is 15.2. The fourth-order valence-electron chi connectivity index (χ4n) is 3.46. The van der Waals surface area contributed by atoms with Crippen molar-refractivity contribution < 1.29 is 4.74 Å². The second-order valence-corrected chi connectivity index (χ2v) is 7.05. The predicted octanol–water partition coefficient (Wildman–Crippen LogP) is 4.10. The molecule has 0 spiro atoms. The Morgan fingerprint density at radius 2 is 1.71 bits per heavy atom. The van der Waals surface area contributed by atoms with Crippen molar-refractivity contribution >= 4 is 11.6 Å². The lowest BCUT2D eigenvalue weighted by Gasteiger charge is -2.39. The van der Waals surface area contributed by atoms with Crippen LogP contribution in [0.2, 0.25) is 5.02 Å². The summed E-state index contributed by atoms with van der Waals surface area (Å²) in [5.41, 5.74) is 15.8. The molecule has 1 aromatic rings. The highest BCUT2D eigenvalue weighted by atomic mass is 35.5. The number of halogens is 1. The third-order valence-corrected chi connectivity index (χ3v) is 4.99. The molecule has 4 nitrogen and oxygen atoms in total. The minimum Gasteiger partial charge on any atom is -0.439 e. The van der Waals surface area contributed by atoms with Crippen LogP contribution in [-0.4, -0.2) is 5.54 Å². The van der Waals surface area contributed by atoms with E-state index in [0.717, 1.165) is 35.4 Å². The molecular formula is C19H28ClN3O. The Hall–Kier alpha value is -1.65. The Bertz CT molecular complexity index is 669. The van der Waals surface area contributed by atoms with E-state index < -0.39 is 5.54 Å². The van der Waals surface area contributed by atoms with Crippen molar-refractivity contribution in [3.8, 4) is 5.75 Å². The van der Waals surface area contributed by atoms with E-state index in [1.165, 1.54) is 0 Å². The van der Waals surface area contributed by atoms with Gasteiger partial charge in [-0.15, -0.1) is 0 Å². The van der Waals surface area contributed by atoms with Gasteiger partial charge in [-0.3, -0.25) is 0 Å². The number of benzene rings is 1. The molecule has 0 saturated carbocycles. The van der Waals surface area contributed by atoms with Crippen LogP contribution >= 0.6 is 11.6 Å². The maximum atomic E-state index is 6.70. The van der Waals surface area contributed by atoms with Crippen LogP contribution in [0.5, 0.6) is 5.75 Å². The van der Waals surface area contributed by atoms with Crippen molar-refractivity contribution in [1.82, 2.24) is 5.32 Å². The van der Waals surface area contributed by atoms with E-state index in [2.05, 4.69) is 19.2 Å². The topological polar surface area (TPSA) is 73.3 Å². The monoisotopic (exact) mass is 349 g/mol. The number of nitrogens with one attached hydrogen (secondary N) is 1. The molecule has 0 bridgehead atoms. The number of nitrogens with two attached hydrogens (primary N) is 2. The van der Waals surface area contributed by atoms with Crippen LogP contribution in [0.3, 0.4) is 0 Å². The summed E-state index contributed by atoms with van der Waals surface area (Å²) in [7, 11) is 0. The van der Waals surface area contributed by atoms with Crippen molar-refractivity contribution in [2.24, 2.45) is 17.4 Å². The molecule has 0 amide bonds. The van der Waals surface area contributed by atoms with Gasteiger partial charge >= 0.3 is 0 Å². The van der Waals surface area contributed by atoms with Crippen LogP contribution in [0, 0.1) is 19.8 Å². The molecule has 0 aromatic heterocycles. The lowest BCUT2D eigenvalue weighted by molar-refractivity contribution is 0.305. The molecule has 1 unspecified atom stereocenters. The molecule has 1 aliphatic heterocycles. The summed E-state index contributed by atoms with van der Waals surface area (Å²) in [5.74, 6) is 1.52. The summed E-state index contributed by atoms with van der Waals surface area (Å²) in [4.78, 5) is 0. The van der Waals surface area contributed by atoms with Crippen molar-refractivity contribution in [3.63, 3.8) is 0 Å². The molecule has 0 radical (unpaired) electrons. The van der Waals surface area contributed by atoms with Crippen LogP contribution in [0.15, 0.2) is 35.5 Å². The van der Waals surface area contributed by atoms with Gasteiger partial charge in [0.05, 0.1) is 11.2 Å². The second-order valence-electron chi connectivity index (χ2n) is 6.61. The molecule has 1 heterocycles. The number of aryl methyl sites for hydroxylation is 2. The van der Waals surface area contributed by atoms with Gasteiger partial charge in [0.1, 0.15) is 5.75 Å². The third-order valence-electron chi connectivity index (χ3n) is 4.77. The quantitative estimate of drug-likeness (QED) is 0.748. The van der Waals surface area contributed by atoms with E-state index in [4.69, 9.17) is 27.8 Å². The second kappa shape index (κ2) is 7.08. The molecule has 5 N–H and O–H groups in total. The average molecular weight is 350 g/mol. The molecule has 1 atom stereocenters. The third kappa shape index (κ3) is 3.40. The summed E-state index contributed by atoms with van der Waals surface area (Å²) in [6.45, 7) is 10.2. The summed E-state index contributed by atoms with van der Waals surface area (Å²) in [6.07, 6.45) is 3.90. The molecule has 1 aromatic carbocycles. The van der Waals surface area contributed by atoms with Gasteiger partial charge in [0.25, 0.3) is 0 Å². The number of hydrogen-bond acceptors (Lipinski definition) is 4. The van der Waals surface area contributed by atoms with Gasteiger partial charge in [0.2, 0.25) is 5.88 Å². The number of dihydropyridines is 1. The number of ether oxygens (including phenoxy) is 1. The first kappa shape index (κ1) is 18.7. The molecule has 0 saturated heterocycles. The Kier molecular flexibility index (Phi) is 5.51. The van der Waals surface area contributed by atoms with Gasteiger partial charge in [-0.05, 0) is 56.0 Å². The number of hydrogen-bond donors (Lipinski definition) is 3. The van der Waals surface area contributed by atoms with E-state index in [1.54, 1.807) is 0 Å². The number of rotatable bonds is 5. The summed E-state index contributed by atoms with van der Waals surface area (Å²) in [5, 5.41) is 3.91. The maximum Gasteiger partial charge on any atom is 0.218 e. The molecular weight excluding hydrogens is 322 g/mol. The Labute approximate surface area is 149 Å². The minimum absolute atomic E-state index is 0.251. The van der Waals surface area contributed by atoms with Crippen LogP contribution < -0.4 is 21.5 Å². The lowest BCUT2D eigenvalue weighted by Crippen LogP contribution is -2.54. The van der Waals surface area contributed by atoms with Crippen LogP contribution in [-0.2, 0) is 0 Å². The highest BCUT2D eigenvalue weighted by molar-refractivity contribution is 6.30. The molecule has 1 aliphatic rings. The molecule has 0 aliphatic carbocycles. The van der Waals surface area contributed by atoms with Gasteiger partial charge in [-0.25, -0.2) is 0 Å². The Morgan fingerprint density at radius 1 is 1.17 bits per heavy atom. The van der Waals surface area contributed by atoms with E-state index in [-0.39, 0.29) is 5.92 Å². The summed E-state index contributed by atoms with van der Waals surface area (Å²) < 4.78 is 6.15. The van der Waals surface area contributed by atoms with E-state index in [1.807, 2.05) is 39.0 Å². The maximum absolute atomic E-state index is 6.70. The van der Waals surface area contributed by atoms with Crippen molar-refractivity contribution in [3.05, 3.63) is 51.6 Å². The lowest BCUT2D eigenvalue weighted by atomic mass is 9.77. The standard InChI is InChI=1S/C19H28ClN3O/c1-6-14(7-2)19(22)10-13(5)23-18(17(19)21)24-16-11(3)8-15(20)9-12(16)4/h8-10,14,23H,6-7,21-22H2,1-5H3. The van der Waals surface area contributed by atoms with Crippen molar-refractivity contribution in [1.29, 1.82) is 0 Å². The normalized spacial score (nSPS) is 20.9. The smallest absolute Gasteiger partial charge is 0.218 e. The largest absolute Gasteiger partial charge is 0.439 e. The predicted molar refractivity (Wildman–Crippen MR) is 101 cm³/mol. The SMILES string of the molecule is CCC(CC)C1(N)C=C(C)NC(Oc2c(C)cc(Cl)cc2C)=C1N. The van der Waals surface area contributed by atoms with Crippen molar-refractivity contribution in [2.75, 3.05) is 0 Å². The van der Waals surface area contributed by atoms with E-state index in [9.17, 15) is 0 Å². The average Bonchev–Trinajstić information content (AvgIpc) is 2.48. The van der Waals surface area contributed by atoms with Gasteiger partial charge in [-0.2, -0.15) is 0 Å². The van der Waals surface area contributed by atoms with E-state index in [0.29, 0.717) is 16.6 Å². The zero-order valence-corrected chi connectivity index (χ0v) is 15.9. The highest BCUT2D eigenvalue weighted by Gasteiger charge is 2.39. The molecule has 2 rings (SSSR count). The van der Waals surface area contributed by atoms with Gasteiger partial charge in [0.15, 0.2) is 0 Å². The molecule has 0 fully saturated rings. The number of allylic oxidation sites excluding steroid dienone is 1. The molecule has 24 heavy (non-hydrogen) atoms. The molecule has 5 heteroatoms. The van der Waals surface area contributed by atoms with Crippen LogP contribution in [0.1, 0.15) is 44.7 Å². The summed E-state index contributed by atoms with van der Waals surface area (Å²) >= 11 is 6.10. The van der Waals surface area contributed by atoms with Gasteiger partial charge < -0.3 is 21.5 Å². The molecule has 132 valence electrons. The highest BCUT2D eigenvalue weighted by Crippen LogP contribution is 2.35. The minimum atomic E-state index is -0.706. The van der Waals surface area contributed by atoms with Crippen molar-refractivity contribution in [2.45, 2.75) is 53.0 Å². The van der Waals surface area contributed by atoms with Gasteiger partial charge in [0, 0.05) is 10.7 Å². The van der Waals surface area contributed by atoms with Crippen LogP contribution in [0.4, 0.5) is 0 Å².